The fourth-order valence-electron chi connectivity index (χ4n) is 4.13. The lowest BCUT2D eigenvalue weighted by Crippen LogP contribution is -2.83. The number of nitrogens with zero attached hydrogens (tertiary/aromatic N) is 2. The minimum Gasteiger partial charge on any atom is -0.497 e. The molecule has 7 nitrogen and oxygen atoms in total. The molecule has 0 saturated heterocycles. The van der Waals surface area contributed by atoms with Crippen LogP contribution < -0.4 is 4.74 Å². The summed E-state index contributed by atoms with van der Waals surface area (Å²) in [4.78, 5) is 0. The quantitative estimate of drug-likeness (QED) is 0.567. The van der Waals surface area contributed by atoms with Gasteiger partial charge in [0.05, 0.1) is 25.2 Å². The van der Waals surface area contributed by atoms with E-state index in [-0.39, 0.29) is 13.2 Å². The highest BCUT2D eigenvalue weighted by Gasteiger charge is 2.87. The molecule has 0 unspecified atom stereocenters. The van der Waals surface area contributed by atoms with Gasteiger partial charge in [0.15, 0.2) is 0 Å². The van der Waals surface area contributed by atoms with Gasteiger partial charge in [0, 0.05) is 26.4 Å². The number of nitriles is 2. The second-order valence-electron chi connectivity index (χ2n) is 6.25. The van der Waals surface area contributed by atoms with Crippen molar-refractivity contribution in [3.8, 4) is 17.9 Å². The van der Waals surface area contributed by atoms with Gasteiger partial charge in [-0.1, -0.05) is 12.1 Å². The van der Waals surface area contributed by atoms with Crippen molar-refractivity contribution in [3.63, 3.8) is 0 Å². The highest BCUT2D eigenvalue weighted by atomic mass is 16.8. The molecule has 152 valence electrons. The van der Waals surface area contributed by atoms with Crippen molar-refractivity contribution < 1.29 is 23.7 Å². The molecule has 1 aliphatic carbocycles. The molecule has 28 heavy (non-hydrogen) atoms. The second-order valence-corrected chi connectivity index (χ2v) is 6.25. The Kier molecular flexibility index (Phi) is 7.03. The van der Waals surface area contributed by atoms with E-state index >= 15 is 0 Å². The normalized spacial score (nSPS) is 21.2. The zero-order valence-electron chi connectivity index (χ0n) is 17.2. The van der Waals surface area contributed by atoms with Crippen LogP contribution in [-0.2, 0) is 18.9 Å². The van der Waals surface area contributed by atoms with E-state index in [4.69, 9.17) is 23.7 Å². The first-order valence-corrected chi connectivity index (χ1v) is 9.55. The molecule has 0 radical (unpaired) electrons. The van der Waals surface area contributed by atoms with E-state index in [1.165, 1.54) is 0 Å². The molecule has 1 fully saturated rings. The standard InChI is InChI=1S/C21H28N2O5/c1-6-25-20(26-7-2)18(16-10-12-17(24-5)13-11-16)19(14-22,15-23)21(20,27-8-3)28-9-4/h10-13,18H,6-9H2,1-5H3/t18-/m1/s1. The second kappa shape index (κ2) is 8.89. The van der Waals surface area contributed by atoms with E-state index in [0.717, 1.165) is 0 Å². The zero-order valence-corrected chi connectivity index (χ0v) is 17.2. The Morgan fingerprint density at radius 1 is 0.821 bits per heavy atom. The molecule has 0 heterocycles. The first-order chi connectivity index (χ1) is 13.5. The lowest BCUT2D eigenvalue weighted by Gasteiger charge is -2.66. The van der Waals surface area contributed by atoms with Gasteiger partial charge in [-0.2, -0.15) is 10.5 Å². The van der Waals surface area contributed by atoms with E-state index in [2.05, 4.69) is 12.1 Å². The third-order valence-corrected chi connectivity index (χ3v) is 5.01. The van der Waals surface area contributed by atoms with Gasteiger partial charge in [-0.25, -0.2) is 0 Å². The zero-order chi connectivity index (χ0) is 20.8. The molecule has 0 N–H and O–H groups in total. The third kappa shape index (κ3) is 2.87. The number of benzene rings is 1. The Bertz CT molecular complexity index is 709. The van der Waals surface area contributed by atoms with Crippen LogP contribution in [0.4, 0.5) is 0 Å². The largest absolute Gasteiger partial charge is 0.497 e. The first-order valence-electron chi connectivity index (χ1n) is 9.55. The molecule has 2 rings (SSSR count). The molecule has 1 atom stereocenters. The maximum Gasteiger partial charge on any atom is 0.258 e. The summed E-state index contributed by atoms with van der Waals surface area (Å²) in [6.07, 6.45) is 0. The fraction of sp³-hybridized carbons (Fsp3) is 0.619. The average molecular weight is 388 g/mol. The lowest BCUT2D eigenvalue weighted by atomic mass is 9.49. The molecule has 0 aliphatic heterocycles. The Labute approximate surface area is 166 Å². The van der Waals surface area contributed by atoms with E-state index in [1.54, 1.807) is 33.1 Å². The van der Waals surface area contributed by atoms with Gasteiger partial charge in [0.2, 0.25) is 11.2 Å². The SMILES string of the molecule is CCOC1(OCC)[C@H](c2ccc(OC)cc2)C(C#N)(C#N)C1(OCC)OCC. The molecule has 1 aromatic carbocycles. The van der Waals surface area contributed by atoms with Crippen LogP contribution in [-0.4, -0.2) is 45.1 Å². The summed E-state index contributed by atoms with van der Waals surface area (Å²) in [6, 6.07) is 11.5. The predicted octanol–water partition coefficient (Wildman–Crippen LogP) is 3.36. The van der Waals surface area contributed by atoms with E-state index in [9.17, 15) is 10.5 Å². The number of ether oxygens (including phenoxy) is 5. The van der Waals surface area contributed by atoms with Crippen molar-refractivity contribution >= 4 is 0 Å². The van der Waals surface area contributed by atoms with Crippen LogP contribution in [0.1, 0.15) is 39.2 Å². The monoisotopic (exact) mass is 388 g/mol. The molecule has 0 bridgehead atoms. The summed E-state index contributed by atoms with van der Waals surface area (Å²) in [7, 11) is 1.58. The molecule has 1 aliphatic rings. The highest BCUT2D eigenvalue weighted by Crippen LogP contribution is 2.69. The molecule has 0 spiro atoms. The Morgan fingerprint density at radius 3 is 1.64 bits per heavy atom. The molecule has 1 saturated carbocycles. The van der Waals surface area contributed by atoms with Crippen molar-refractivity contribution in [2.45, 2.75) is 45.2 Å². The minimum absolute atomic E-state index is 0.225. The summed E-state index contributed by atoms with van der Waals surface area (Å²) in [5, 5.41) is 20.3. The number of hydrogen-bond acceptors (Lipinski definition) is 7. The summed E-state index contributed by atoms with van der Waals surface area (Å²) in [5.74, 6) is -3.19. The van der Waals surface area contributed by atoms with Crippen LogP contribution in [0.15, 0.2) is 24.3 Å². The fourth-order valence-corrected chi connectivity index (χ4v) is 4.13. The van der Waals surface area contributed by atoms with Crippen molar-refractivity contribution in [1.29, 1.82) is 10.5 Å². The van der Waals surface area contributed by atoms with Gasteiger partial charge in [-0.05, 0) is 45.4 Å². The topological polar surface area (TPSA) is 93.7 Å². The molecule has 7 heteroatoms. The highest BCUT2D eigenvalue weighted by molar-refractivity contribution is 5.48. The van der Waals surface area contributed by atoms with Crippen LogP contribution in [0.2, 0.25) is 0 Å². The van der Waals surface area contributed by atoms with Gasteiger partial charge in [0.1, 0.15) is 5.75 Å². The van der Waals surface area contributed by atoms with Crippen molar-refractivity contribution in [2.75, 3.05) is 33.5 Å². The summed E-state index contributed by atoms with van der Waals surface area (Å²) in [5.41, 5.74) is -0.946. The van der Waals surface area contributed by atoms with E-state index in [0.29, 0.717) is 24.5 Å². The number of methoxy groups -OCH3 is 1. The smallest absolute Gasteiger partial charge is 0.258 e. The van der Waals surface area contributed by atoms with Gasteiger partial charge >= 0.3 is 0 Å². The lowest BCUT2D eigenvalue weighted by molar-refractivity contribution is -0.496. The average Bonchev–Trinajstić information content (AvgIpc) is 2.71. The Morgan fingerprint density at radius 2 is 1.29 bits per heavy atom. The van der Waals surface area contributed by atoms with Crippen molar-refractivity contribution in [1.82, 2.24) is 0 Å². The molecule has 0 aromatic heterocycles. The third-order valence-electron chi connectivity index (χ3n) is 5.01. The number of rotatable bonds is 10. The van der Waals surface area contributed by atoms with Gasteiger partial charge in [0.25, 0.3) is 5.79 Å². The summed E-state index contributed by atoms with van der Waals surface area (Å²) in [6.45, 7) is 8.25. The maximum atomic E-state index is 10.2. The molecule has 0 amide bonds. The first kappa shape index (κ1) is 22.1. The van der Waals surface area contributed by atoms with Crippen LogP contribution in [0.3, 0.4) is 0 Å². The molecule has 1 aromatic rings. The van der Waals surface area contributed by atoms with E-state index < -0.39 is 22.9 Å². The summed E-state index contributed by atoms with van der Waals surface area (Å²) >= 11 is 0. The predicted molar refractivity (Wildman–Crippen MR) is 101 cm³/mol. The maximum absolute atomic E-state index is 10.2. The number of hydrogen-bond donors (Lipinski definition) is 0. The Balaban J connectivity index is 2.77. The Hall–Kier alpha value is -2.16. The molecular weight excluding hydrogens is 360 g/mol. The van der Waals surface area contributed by atoms with Crippen molar-refractivity contribution in [2.24, 2.45) is 5.41 Å². The minimum atomic E-state index is -1.68. The van der Waals surface area contributed by atoms with Gasteiger partial charge in [-0.15, -0.1) is 0 Å². The van der Waals surface area contributed by atoms with Gasteiger partial charge < -0.3 is 23.7 Å². The van der Waals surface area contributed by atoms with Gasteiger partial charge in [-0.3, -0.25) is 0 Å². The van der Waals surface area contributed by atoms with Crippen LogP contribution in [0.25, 0.3) is 0 Å². The summed E-state index contributed by atoms with van der Waals surface area (Å²) < 4.78 is 29.4. The van der Waals surface area contributed by atoms with E-state index in [1.807, 2.05) is 26.0 Å². The van der Waals surface area contributed by atoms with Crippen LogP contribution in [0.5, 0.6) is 5.75 Å². The molecular formula is C21H28N2O5. The van der Waals surface area contributed by atoms with Crippen LogP contribution >= 0.6 is 0 Å². The van der Waals surface area contributed by atoms with Crippen LogP contribution in [0, 0.1) is 28.1 Å². The van der Waals surface area contributed by atoms with Crippen molar-refractivity contribution in [3.05, 3.63) is 29.8 Å².